The van der Waals surface area contributed by atoms with Gasteiger partial charge >= 0.3 is 0 Å². The SMILES string of the molecule is COc1ccc(OC)c(CNC(=O)c2cnc(SC)n2-c2ccccc2)c1. The quantitative estimate of drug-likeness (QED) is 0.632. The summed E-state index contributed by atoms with van der Waals surface area (Å²) in [4.78, 5) is 17.2. The summed E-state index contributed by atoms with van der Waals surface area (Å²) in [7, 11) is 3.20. The molecule has 0 saturated heterocycles. The average Bonchev–Trinajstić information content (AvgIpc) is 3.16. The molecular formula is C20H21N3O3S. The molecule has 0 bridgehead atoms. The monoisotopic (exact) mass is 383 g/mol. The number of benzene rings is 2. The summed E-state index contributed by atoms with van der Waals surface area (Å²) in [5, 5.41) is 3.70. The number of imidazole rings is 1. The first-order valence-corrected chi connectivity index (χ1v) is 9.56. The molecular weight excluding hydrogens is 362 g/mol. The first-order chi connectivity index (χ1) is 13.2. The third kappa shape index (κ3) is 4.09. The number of aromatic nitrogens is 2. The van der Waals surface area contributed by atoms with Crippen LogP contribution < -0.4 is 14.8 Å². The molecule has 0 spiro atoms. The lowest BCUT2D eigenvalue weighted by Crippen LogP contribution is -2.25. The minimum atomic E-state index is -0.212. The number of hydrogen-bond acceptors (Lipinski definition) is 5. The molecule has 3 rings (SSSR count). The van der Waals surface area contributed by atoms with E-state index in [2.05, 4.69) is 10.3 Å². The normalized spacial score (nSPS) is 10.5. The average molecular weight is 383 g/mol. The highest BCUT2D eigenvalue weighted by Gasteiger charge is 2.18. The van der Waals surface area contributed by atoms with Gasteiger partial charge in [-0.2, -0.15) is 0 Å². The molecule has 140 valence electrons. The minimum absolute atomic E-state index is 0.212. The highest BCUT2D eigenvalue weighted by molar-refractivity contribution is 7.98. The van der Waals surface area contributed by atoms with E-state index in [9.17, 15) is 4.79 Å². The molecule has 27 heavy (non-hydrogen) atoms. The Morgan fingerprint density at radius 3 is 2.59 bits per heavy atom. The highest BCUT2D eigenvalue weighted by atomic mass is 32.2. The largest absolute Gasteiger partial charge is 0.497 e. The summed E-state index contributed by atoms with van der Waals surface area (Å²) in [6.07, 6.45) is 3.53. The number of nitrogens with zero attached hydrogens (tertiary/aromatic N) is 2. The summed E-state index contributed by atoms with van der Waals surface area (Å²) < 4.78 is 12.5. The molecule has 1 heterocycles. The van der Waals surface area contributed by atoms with E-state index in [0.717, 1.165) is 16.4 Å². The van der Waals surface area contributed by atoms with E-state index in [1.807, 2.05) is 59.4 Å². The van der Waals surface area contributed by atoms with Crippen LogP contribution in [0.4, 0.5) is 0 Å². The summed E-state index contributed by atoms with van der Waals surface area (Å²) in [5.41, 5.74) is 2.21. The van der Waals surface area contributed by atoms with Gasteiger partial charge in [-0.15, -0.1) is 0 Å². The van der Waals surface area contributed by atoms with Crippen molar-refractivity contribution in [1.82, 2.24) is 14.9 Å². The summed E-state index contributed by atoms with van der Waals surface area (Å²) >= 11 is 1.49. The number of nitrogens with one attached hydrogen (secondary N) is 1. The Bertz CT molecular complexity index is 925. The zero-order valence-electron chi connectivity index (χ0n) is 15.4. The van der Waals surface area contributed by atoms with Gasteiger partial charge in [0.2, 0.25) is 0 Å². The van der Waals surface area contributed by atoms with Crippen molar-refractivity contribution in [2.24, 2.45) is 0 Å². The van der Waals surface area contributed by atoms with Crippen LogP contribution in [0, 0.1) is 0 Å². The lowest BCUT2D eigenvalue weighted by atomic mass is 10.2. The van der Waals surface area contributed by atoms with Gasteiger partial charge < -0.3 is 14.8 Å². The van der Waals surface area contributed by atoms with Gasteiger partial charge in [0.05, 0.1) is 20.4 Å². The van der Waals surface area contributed by atoms with Crippen LogP contribution in [0.1, 0.15) is 16.1 Å². The Hall–Kier alpha value is -2.93. The van der Waals surface area contributed by atoms with Gasteiger partial charge in [0, 0.05) is 17.8 Å². The molecule has 0 radical (unpaired) electrons. The predicted octanol–water partition coefficient (Wildman–Crippen LogP) is 3.54. The number of carbonyl (C=O) groups is 1. The van der Waals surface area contributed by atoms with Crippen LogP contribution in [0.25, 0.3) is 5.69 Å². The van der Waals surface area contributed by atoms with Crippen molar-refractivity contribution in [3.63, 3.8) is 0 Å². The number of rotatable bonds is 7. The third-order valence-corrected chi connectivity index (χ3v) is 4.74. The van der Waals surface area contributed by atoms with Crippen LogP contribution in [0.15, 0.2) is 59.9 Å². The smallest absolute Gasteiger partial charge is 0.270 e. The van der Waals surface area contributed by atoms with Gasteiger partial charge in [0.25, 0.3) is 5.91 Å². The number of para-hydroxylation sites is 1. The molecule has 0 atom stereocenters. The Balaban J connectivity index is 1.85. The summed E-state index contributed by atoms with van der Waals surface area (Å²) in [6.45, 7) is 0.313. The van der Waals surface area contributed by atoms with Gasteiger partial charge in [-0.3, -0.25) is 9.36 Å². The molecule has 0 aliphatic carbocycles. The minimum Gasteiger partial charge on any atom is -0.497 e. The van der Waals surface area contributed by atoms with Crippen molar-refractivity contribution < 1.29 is 14.3 Å². The number of ether oxygens (including phenoxy) is 2. The first-order valence-electron chi connectivity index (χ1n) is 8.34. The van der Waals surface area contributed by atoms with E-state index >= 15 is 0 Å². The Morgan fingerprint density at radius 1 is 1.15 bits per heavy atom. The highest BCUT2D eigenvalue weighted by Crippen LogP contribution is 2.25. The lowest BCUT2D eigenvalue weighted by molar-refractivity contribution is 0.0943. The van der Waals surface area contributed by atoms with Gasteiger partial charge in [-0.1, -0.05) is 30.0 Å². The maximum atomic E-state index is 12.8. The second kappa shape index (κ2) is 8.64. The van der Waals surface area contributed by atoms with Crippen molar-refractivity contribution in [3.8, 4) is 17.2 Å². The van der Waals surface area contributed by atoms with Crippen molar-refractivity contribution >= 4 is 17.7 Å². The molecule has 0 fully saturated rings. The van der Waals surface area contributed by atoms with Crippen LogP contribution in [0.2, 0.25) is 0 Å². The number of methoxy groups -OCH3 is 2. The maximum absolute atomic E-state index is 12.8. The fourth-order valence-corrected chi connectivity index (χ4v) is 3.30. The van der Waals surface area contributed by atoms with Crippen LogP contribution in [-0.2, 0) is 6.54 Å². The van der Waals surface area contributed by atoms with E-state index in [1.54, 1.807) is 20.4 Å². The number of amides is 1. The van der Waals surface area contributed by atoms with Gasteiger partial charge in [-0.25, -0.2) is 4.98 Å². The van der Waals surface area contributed by atoms with E-state index in [4.69, 9.17) is 9.47 Å². The molecule has 0 unspecified atom stereocenters. The van der Waals surface area contributed by atoms with Crippen LogP contribution in [-0.4, -0.2) is 35.9 Å². The topological polar surface area (TPSA) is 65.4 Å². The molecule has 1 amide bonds. The second-order valence-electron chi connectivity index (χ2n) is 5.66. The number of hydrogen-bond donors (Lipinski definition) is 1. The second-order valence-corrected chi connectivity index (χ2v) is 6.43. The van der Waals surface area contributed by atoms with Crippen LogP contribution >= 0.6 is 11.8 Å². The zero-order chi connectivity index (χ0) is 19.2. The molecule has 2 aromatic carbocycles. The van der Waals surface area contributed by atoms with Crippen molar-refractivity contribution in [3.05, 3.63) is 66.0 Å². The summed E-state index contributed by atoms with van der Waals surface area (Å²) in [6, 6.07) is 15.2. The van der Waals surface area contributed by atoms with E-state index in [0.29, 0.717) is 23.7 Å². The van der Waals surface area contributed by atoms with Gasteiger partial charge in [-0.05, 0) is 36.6 Å². The number of thioether (sulfide) groups is 1. The fourth-order valence-electron chi connectivity index (χ4n) is 2.75. The predicted molar refractivity (Wildman–Crippen MR) is 106 cm³/mol. The molecule has 0 saturated carbocycles. The van der Waals surface area contributed by atoms with Gasteiger partial charge in [0.1, 0.15) is 17.2 Å². The zero-order valence-corrected chi connectivity index (χ0v) is 16.2. The lowest BCUT2D eigenvalue weighted by Gasteiger charge is -2.13. The van der Waals surface area contributed by atoms with Gasteiger partial charge in [0.15, 0.2) is 5.16 Å². The molecule has 3 aromatic rings. The molecule has 6 nitrogen and oxygen atoms in total. The summed E-state index contributed by atoms with van der Waals surface area (Å²) in [5.74, 6) is 1.19. The van der Waals surface area contributed by atoms with E-state index in [1.165, 1.54) is 11.8 Å². The Morgan fingerprint density at radius 2 is 1.93 bits per heavy atom. The fraction of sp³-hybridized carbons (Fsp3) is 0.200. The molecule has 1 aromatic heterocycles. The third-order valence-electron chi connectivity index (χ3n) is 4.09. The Kier molecular flexibility index (Phi) is 6.03. The van der Waals surface area contributed by atoms with E-state index in [-0.39, 0.29) is 5.91 Å². The van der Waals surface area contributed by atoms with Crippen molar-refractivity contribution in [1.29, 1.82) is 0 Å². The molecule has 7 heteroatoms. The molecule has 0 aliphatic heterocycles. The van der Waals surface area contributed by atoms with Crippen molar-refractivity contribution in [2.75, 3.05) is 20.5 Å². The van der Waals surface area contributed by atoms with Crippen LogP contribution in [0.3, 0.4) is 0 Å². The van der Waals surface area contributed by atoms with Crippen molar-refractivity contribution in [2.45, 2.75) is 11.7 Å². The van der Waals surface area contributed by atoms with E-state index < -0.39 is 0 Å². The Labute approximate surface area is 162 Å². The maximum Gasteiger partial charge on any atom is 0.270 e. The number of carbonyl (C=O) groups excluding carboxylic acids is 1. The molecule has 0 aliphatic rings. The molecule has 1 N–H and O–H groups in total. The first kappa shape index (κ1) is 18.8. The van der Waals surface area contributed by atoms with Crippen LogP contribution in [0.5, 0.6) is 11.5 Å². The standard InChI is InChI=1S/C20H21N3O3S/c1-25-16-9-10-18(26-2)14(11-16)12-21-19(24)17-13-22-20(27-3)23(17)15-7-5-4-6-8-15/h4-11,13H,12H2,1-3H3,(H,21,24).